The maximum atomic E-state index is 13.9. The van der Waals surface area contributed by atoms with Crippen molar-refractivity contribution >= 4 is 40.0 Å². The number of hydrogen-bond donors (Lipinski definition) is 0. The summed E-state index contributed by atoms with van der Waals surface area (Å²) < 4.78 is 25.3. The fourth-order valence-corrected chi connectivity index (χ4v) is 3.55. The quantitative estimate of drug-likeness (QED) is 0.545. The molecule has 2 aromatic rings. The lowest BCUT2D eigenvalue weighted by Gasteiger charge is -2.33. The molecule has 0 bridgehead atoms. The highest BCUT2D eigenvalue weighted by Gasteiger charge is 2.23. The molecule has 1 fully saturated rings. The molecular weight excluding hydrogens is 428 g/mol. The molecule has 8 heteroatoms. The highest BCUT2D eigenvalue weighted by Crippen LogP contribution is 2.32. The van der Waals surface area contributed by atoms with Gasteiger partial charge in [-0.15, -0.1) is 0 Å². The lowest BCUT2D eigenvalue weighted by atomic mass is 10.1. The van der Waals surface area contributed by atoms with Crippen LogP contribution in [0.3, 0.4) is 0 Å². The van der Waals surface area contributed by atoms with Crippen LogP contribution in [-0.2, 0) is 16.1 Å². The first-order chi connectivity index (χ1) is 13.4. The summed E-state index contributed by atoms with van der Waals surface area (Å²) in [5.74, 6) is 0.0107. The fourth-order valence-electron chi connectivity index (χ4n) is 3.01. The van der Waals surface area contributed by atoms with Gasteiger partial charge in [0.25, 0.3) is 0 Å². The second-order valence-electron chi connectivity index (χ2n) is 6.44. The van der Waals surface area contributed by atoms with Crippen molar-refractivity contribution < 1.29 is 18.7 Å². The molecule has 2 aromatic carbocycles. The summed E-state index contributed by atoms with van der Waals surface area (Å²) in [6.07, 6.45) is 0.146. The number of carbonyl (C=O) groups is 1. The molecule has 0 N–H and O–H groups in total. The summed E-state index contributed by atoms with van der Waals surface area (Å²) in [5.41, 5.74) is 1.19. The van der Waals surface area contributed by atoms with Gasteiger partial charge >= 0.3 is 0 Å². The molecule has 28 heavy (non-hydrogen) atoms. The normalized spacial score (nSPS) is 17.5. The number of benzene rings is 2. The zero-order chi connectivity index (χ0) is 20.1. The van der Waals surface area contributed by atoms with Gasteiger partial charge in [0.05, 0.1) is 22.8 Å². The van der Waals surface area contributed by atoms with E-state index in [2.05, 4.69) is 4.90 Å². The van der Waals surface area contributed by atoms with Gasteiger partial charge in [-0.2, -0.15) is 0 Å². The highest BCUT2D eigenvalue weighted by atomic mass is 35.5. The van der Waals surface area contributed by atoms with Crippen LogP contribution >= 0.6 is 34.8 Å². The molecule has 3 rings (SSSR count). The van der Waals surface area contributed by atoms with Gasteiger partial charge in [-0.1, -0.05) is 35.3 Å². The summed E-state index contributed by atoms with van der Waals surface area (Å²) >= 11 is 17.8. The molecule has 1 aliphatic heterocycles. The Bertz CT molecular complexity index is 829. The molecule has 1 heterocycles. The van der Waals surface area contributed by atoms with Crippen molar-refractivity contribution in [3.05, 3.63) is 63.4 Å². The third-order valence-electron chi connectivity index (χ3n) is 4.54. The van der Waals surface area contributed by atoms with Crippen molar-refractivity contribution in [2.75, 3.05) is 26.2 Å². The molecule has 0 spiro atoms. The minimum absolute atomic E-state index is 0.0231. The smallest absolute Gasteiger partial charge is 0.222 e. The average Bonchev–Trinajstić information content (AvgIpc) is 2.67. The van der Waals surface area contributed by atoms with Crippen LogP contribution in [-0.4, -0.2) is 36.4 Å². The first-order valence-electron chi connectivity index (χ1n) is 8.81. The first-order valence-corrected chi connectivity index (χ1v) is 9.95. The van der Waals surface area contributed by atoms with Crippen LogP contribution < -0.4 is 4.74 Å². The van der Waals surface area contributed by atoms with Crippen LogP contribution in [0.25, 0.3) is 0 Å². The van der Waals surface area contributed by atoms with Gasteiger partial charge in [-0.3, -0.25) is 9.69 Å². The Labute approximate surface area is 178 Å². The topological polar surface area (TPSA) is 38.8 Å². The molecule has 4 nitrogen and oxygen atoms in total. The minimum atomic E-state index is -0.425. The van der Waals surface area contributed by atoms with Gasteiger partial charge in [0.15, 0.2) is 0 Å². The summed E-state index contributed by atoms with van der Waals surface area (Å²) in [7, 11) is 0. The van der Waals surface area contributed by atoms with E-state index in [-0.39, 0.29) is 23.5 Å². The molecule has 0 amide bonds. The predicted molar refractivity (Wildman–Crippen MR) is 108 cm³/mol. The lowest BCUT2D eigenvalue weighted by Crippen LogP contribution is -2.39. The third kappa shape index (κ3) is 5.58. The molecular formula is C20H19Cl3FNO3. The molecule has 150 valence electrons. The van der Waals surface area contributed by atoms with Crippen molar-refractivity contribution in [1.82, 2.24) is 4.90 Å². The van der Waals surface area contributed by atoms with E-state index in [1.54, 1.807) is 24.3 Å². The monoisotopic (exact) mass is 445 g/mol. The van der Waals surface area contributed by atoms with Crippen LogP contribution in [0.5, 0.6) is 5.75 Å². The summed E-state index contributed by atoms with van der Waals surface area (Å²) in [6, 6.07) is 9.86. The number of halogens is 4. The molecule has 0 aliphatic carbocycles. The zero-order valence-corrected chi connectivity index (χ0v) is 17.2. The molecule has 0 radical (unpaired) electrons. The van der Waals surface area contributed by atoms with E-state index in [1.165, 1.54) is 6.07 Å². The largest absolute Gasteiger partial charge is 0.487 e. The number of rotatable bonds is 7. The van der Waals surface area contributed by atoms with Gasteiger partial charge in [0.1, 0.15) is 18.2 Å². The Morgan fingerprint density at radius 3 is 2.79 bits per heavy atom. The van der Waals surface area contributed by atoms with Gasteiger partial charge in [0.2, 0.25) is 5.24 Å². The van der Waals surface area contributed by atoms with Crippen LogP contribution in [0.2, 0.25) is 10.0 Å². The van der Waals surface area contributed by atoms with Crippen molar-refractivity contribution in [3.8, 4) is 5.75 Å². The van der Waals surface area contributed by atoms with E-state index >= 15 is 0 Å². The van der Waals surface area contributed by atoms with Crippen molar-refractivity contribution in [3.63, 3.8) is 0 Å². The second-order valence-corrected chi connectivity index (χ2v) is 7.68. The van der Waals surface area contributed by atoms with E-state index in [0.717, 1.165) is 12.1 Å². The Morgan fingerprint density at radius 2 is 2.07 bits per heavy atom. The molecule has 0 saturated carbocycles. The molecule has 1 atom stereocenters. The third-order valence-corrected chi connectivity index (χ3v) is 5.38. The number of hydrogen-bond acceptors (Lipinski definition) is 4. The van der Waals surface area contributed by atoms with E-state index in [4.69, 9.17) is 44.3 Å². The van der Waals surface area contributed by atoms with Gasteiger partial charge < -0.3 is 9.47 Å². The summed E-state index contributed by atoms with van der Waals surface area (Å²) in [6.45, 7) is 2.53. The van der Waals surface area contributed by atoms with Crippen molar-refractivity contribution in [1.29, 1.82) is 0 Å². The number of nitrogens with zero attached hydrogens (tertiary/aromatic N) is 1. The zero-order valence-electron chi connectivity index (χ0n) is 15.0. The summed E-state index contributed by atoms with van der Waals surface area (Å²) in [5, 5.41) is 0.364. The number of morpholine rings is 1. The van der Waals surface area contributed by atoms with Crippen molar-refractivity contribution in [2.45, 2.75) is 19.1 Å². The molecule has 1 saturated heterocycles. The van der Waals surface area contributed by atoms with Crippen molar-refractivity contribution in [2.24, 2.45) is 0 Å². The van der Waals surface area contributed by atoms with Crippen LogP contribution in [0.1, 0.15) is 23.7 Å². The SMILES string of the molecule is O=C(Cl)CCN1CCOC(c2ccc(OCc3c(F)cccc3Cl)c(Cl)c2)C1. The Morgan fingerprint density at radius 1 is 1.25 bits per heavy atom. The van der Waals surface area contributed by atoms with Gasteiger partial charge in [-0.25, -0.2) is 4.39 Å². The fraction of sp³-hybridized carbons (Fsp3) is 0.350. The highest BCUT2D eigenvalue weighted by molar-refractivity contribution is 6.63. The number of ether oxygens (including phenoxy) is 2. The van der Waals surface area contributed by atoms with Crippen LogP contribution in [0.15, 0.2) is 36.4 Å². The van der Waals surface area contributed by atoms with Crippen LogP contribution in [0, 0.1) is 5.82 Å². The Kier molecular flexibility index (Phi) is 7.55. The summed E-state index contributed by atoms with van der Waals surface area (Å²) in [4.78, 5) is 13.1. The van der Waals surface area contributed by atoms with Gasteiger partial charge in [-0.05, 0) is 41.4 Å². The maximum Gasteiger partial charge on any atom is 0.222 e. The molecule has 1 unspecified atom stereocenters. The van der Waals surface area contributed by atoms with Crippen LogP contribution in [0.4, 0.5) is 4.39 Å². The van der Waals surface area contributed by atoms with E-state index in [9.17, 15) is 9.18 Å². The lowest BCUT2D eigenvalue weighted by molar-refractivity contribution is -0.112. The Hall–Kier alpha value is -1.37. The standard InChI is InChI=1S/C20H19Cl3FNO3/c21-15-2-1-3-17(24)14(15)12-28-18-5-4-13(10-16(18)22)19-11-25(8-9-27-19)7-6-20(23)26/h1-5,10,19H,6-9,11-12H2. The maximum absolute atomic E-state index is 13.9. The molecule has 1 aliphatic rings. The predicted octanol–water partition coefficient (Wildman–Crippen LogP) is 5.24. The first kappa shape index (κ1) is 21.3. The molecule has 0 aromatic heterocycles. The number of carbonyl (C=O) groups excluding carboxylic acids is 1. The Balaban J connectivity index is 1.64. The van der Waals surface area contributed by atoms with Gasteiger partial charge in [0, 0.05) is 31.6 Å². The second kappa shape index (κ2) is 9.90. The van der Waals surface area contributed by atoms with E-state index in [1.807, 2.05) is 6.07 Å². The van der Waals surface area contributed by atoms with E-state index < -0.39 is 5.82 Å². The van der Waals surface area contributed by atoms with E-state index in [0.29, 0.717) is 41.9 Å². The minimum Gasteiger partial charge on any atom is -0.487 e. The average molecular weight is 447 g/mol.